The highest BCUT2D eigenvalue weighted by Crippen LogP contribution is 2.10. The number of likely N-dealkylation sites (tertiary alicyclic amines) is 1. The second-order valence-electron chi connectivity index (χ2n) is 5.09. The predicted molar refractivity (Wildman–Crippen MR) is 78.5 cm³/mol. The van der Waals surface area contributed by atoms with Crippen molar-refractivity contribution in [3.63, 3.8) is 0 Å². The molecule has 0 N–H and O–H groups in total. The third-order valence-electron chi connectivity index (χ3n) is 3.74. The monoisotopic (exact) mass is 274 g/mol. The zero-order valence-electron chi connectivity index (χ0n) is 12.0. The van der Waals surface area contributed by atoms with Crippen LogP contribution in [-0.4, -0.2) is 47.8 Å². The molecule has 2 amide bonds. The molecule has 20 heavy (non-hydrogen) atoms. The second kappa shape index (κ2) is 7.08. The Morgan fingerprint density at radius 3 is 2.40 bits per heavy atom. The zero-order chi connectivity index (χ0) is 14.4. The van der Waals surface area contributed by atoms with Gasteiger partial charge in [-0.05, 0) is 31.9 Å². The van der Waals surface area contributed by atoms with Crippen LogP contribution in [0.5, 0.6) is 0 Å². The Kier molecular flexibility index (Phi) is 5.16. The molecule has 2 rings (SSSR count). The fourth-order valence-electron chi connectivity index (χ4n) is 2.52. The van der Waals surface area contributed by atoms with Crippen molar-refractivity contribution in [2.75, 3.05) is 26.2 Å². The van der Waals surface area contributed by atoms with Crippen LogP contribution in [0.4, 0.5) is 0 Å². The van der Waals surface area contributed by atoms with Crippen LogP contribution in [0.3, 0.4) is 0 Å². The van der Waals surface area contributed by atoms with Gasteiger partial charge in [0.05, 0.1) is 0 Å². The van der Waals surface area contributed by atoms with E-state index in [0.29, 0.717) is 25.1 Å². The summed E-state index contributed by atoms with van der Waals surface area (Å²) >= 11 is 0. The van der Waals surface area contributed by atoms with Crippen LogP contribution in [0.25, 0.3) is 0 Å². The summed E-state index contributed by atoms with van der Waals surface area (Å²) in [4.78, 5) is 28.0. The topological polar surface area (TPSA) is 40.6 Å². The lowest BCUT2D eigenvalue weighted by Gasteiger charge is -2.22. The molecule has 0 aromatic heterocycles. The SMILES string of the molecule is CCN(CCC(=O)N1CCCC1)C(=O)c1ccccc1. The van der Waals surface area contributed by atoms with Crippen LogP contribution < -0.4 is 0 Å². The molecule has 4 nitrogen and oxygen atoms in total. The van der Waals surface area contributed by atoms with Gasteiger partial charge in [0.1, 0.15) is 0 Å². The Morgan fingerprint density at radius 1 is 1.15 bits per heavy atom. The first-order chi connectivity index (χ1) is 9.72. The molecule has 1 aliphatic heterocycles. The second-order valence-corrected chi connectivity index (χ2v) is 5.09. The van der Waals surface area contributed by atoms with Gasteiger partial charge in [-0.15, -0.1) is 0 Å². The first-order valence-electron chi connectivity index (χ1n) is 7.34. The highest BCUT2D eigenvalue weighted by atomic mass is 16.2. The van der Waals surface area contributed by atoms with Gasteiger partial charge in [-0.25, -0.2) is 0 Å². The number of rotatable bonds is 5. The maximum atomic E-state index is 12.3. The molecule has 0 atom stereocenters. The minimum Gasteiger partial charge on any atom is -0.343 e. The number of hydrogen-bond donors (Lipinski definition) is 0. The van der Waals surface area contributed by atoms with E-state index in [2.05, 4.69) is 0 Å². The molecule has 0 saturated carbocycles. The highest BCUT2D eigenvalue weighted by Gasteiger charge is 2.20. The molecule has 0 radical (unpaired) electrons. The quantitative estimate of drug-likeness (QED) is 0.825. The standard InChI is InChI=1S/C16H22N2O2/c1-2-17(16(20)14-8-4-3-5-9-14)13-10-15(19)18-11-6-7-12-18/h3-5,8-9H,2,6-7,10-13H2,1H3. The van der Waals surface area contributed by atoms with E-state index in [1.165, 1.54) is 0 Å². The molecule has 1 aromatic rings. The van der Waals surface area contributed by atoms with Gasteiger partial charge in [-0.1, -0.05) is 18.2 Å². The van der Waals surface area contributed by atoms with E-state index in [1.807, 2.05) is 42.2 Å². The van der Waals surface area contributed by atoms with Crippen molar-refractivity contribution in [1.82, 2.24) is 9.80 Å². The van der Waals surface area contributed by atoms with Crippen LogP contribution in [0, 0.1) is 0 Å². The van der Waals surface area contributed by atoms with E-state index in [9.17, 15) is 9.59 Å². The fraction of sp³-hybridized carbons (Fsp3) is 0.500. The summed E-state index contributed by atoms with van der Waals surface area (Å²) in [7, 11) is 0. The van der Waals surface area contributed by atoms with Gasteiger partial charge in [-0.2, -0.15) is 0 Å². The first-order valence-corrected chi connectivity index (χ1v) is 7.34. The van der Waals surface area contributed by atoms with Gasteiger partial charge in [0.2, 0.25) is 5.91 Å². The maximum absolute atomic E-state index is 12.3. The highest BCUT2D eigenvalue weighted by molar-refractivity contribution is 5.94. The van der Waals surface area contributed by atoms with Crippen LogP contribution in [0.1, 0.15) is 36.5 Å². The van der Waals surface area contributed by atoms with E-state index >= 15 is 0 Å². The summed E-state index contributed by atoms with van der Waals surface area (Å²) in [5, 5.41) is 0. The summed E-state index contributed by atoms with van der Waals surface area (Å²) in [6.07, 6.45) is 2.63. The Morgan fingerprint density at radius 2 is 1.80 bits per heavy atom. The number of benzene rings is 1. The van der Waals surface area contributed by atoms with Gasteiger partial charge < -0.3 is 9.80 Å². The normalized spacial score (nSPS) is 14.3. The van der Waals surface area contributed by atoms with Crippen molar-refractivity contribution in [2.45, 2.75) is 26.2 Å². The van der Waals surface area contributed by atoms with Crippen molar-refractivity contribution < 1.29 is 9.59 Å². The Balaban J connectivity index is 1.88. The molecule has 1 aliphatic rings. The molecule has 0 bridgehead atoms. The molecule has 1 aromatic carbocycles. The lowest BCUT2D eigenvalue weighted by atomic mass is 10.2. The van der Waals surface area contributed by atoms with Crippen LogP contribution in [0.2, 0.25) is 0 Å². The van der Waals surface area contributed by atoms with E-state index in [-0.39, 0.29) is 11.8 Å². The summed E-state index contributed by atoms with van der Waals surface area (Å²) in [6.45, 7) is 4.82. The lowest BCUT2D eigenvalue weighted by molar-refractivity contribution is -0.130. The third kappa shape index (κ3) is 3.59. The van der Waals surface area contributed by atoms with E-state index in [0.717, 1.165) is 25.9 Å². The van der Waals surface area contributed by atoms with Gasteiger partial charge >= 0.3 is 0 Å². The fourth-order valence-corrected chi connectivity index (χ4v) is 2.52. The maximum Gasteiger partial charge on any atom is 0.253 e. The summed E-state index contributed by atoms with van der Waals surface area (Å²) in [5.74, 6) is 0.170. The molecule has 1 saturated heterocycles. The van der Waals surface area contributed by atoms with Crippen LogP contribution in [-0.2, 0) is 4.79 Å². The molecule has 1 fully saturated rings. The van der Waals surface area contributed by atoms with Crippen LogP contribution >= 0.6 is 0 Å². The van der Waals surface area contributed by atoms with E-state index in [4.69, 9.17) is 0 Å². The molecule has 0 aliphatic carbocycles. The number of carbonyl (C=O) groups excluding carboxylic acids is 2. The number of carbonyl (C=O) groups is 2. The van der Waals surface area contributed by atoms with Crippen LogP contribution in [0.15, 0.2) is 30.3 Å². The van der Waals surface area contributed by atoms with Crippen molar-refractivity contribution in [3.8, 4) is 0 Å². The summed E-state index contributed by atoms with van der Waals surface area (Å²) < 4.78 is 0. The van der Waals surface area contributed by atoms with Gasteiger partial charge in [0.25, 0.3) is 5.91 Å². The molecule has 4 heteroatoms. The van der Waals surface area contributed by atoms with E-state index < -0.39 is 0 Å². The Labute approximate surface area is 120 Å². The average Bonchev–Trinajstić information content (AvgIpc) is 3.02. The molecule has 0 spiro atoms. The van der Waals surface area contributed by atoms with Crippen molar-refractivity contribution in [3.05, 3.63) is 35.9 Å². The Hall–Kier alpha value is -1.84. The van der Waals surface area contributed by atoms with E-state index in [1.54, 1.807) is 4.90 Å². The van der Waals surface area contributed by atoms with Crippen molar-refractivity contribution in [1.29, 1.82) is 0 Å². The largest absolute Gasteiger partial charge is 0.343 e. The number of amides is 2. The number of nitrogens with zero attached hydrogens (tertiary/aromatic N) is 2. The number of hydrogen-bond acceptors (Lipinski definition) is 2. The molecule has 1 heterocycles. The molecule has 0 unspecified atom stereocenters. The van der Waals surface area contributed by atoms with Crippen molar-refractivity contribution in [2.24, 2.45) is 0 Å². The molecule has 108 valence electrons. The minimum atomic E-state index is 0.00215. The smallest absolute Gasteiger partial charge is 0.253 e. The average molecular weight is 274 g/mol. The summed E-state index contributed by atoms with van der Waals surface area (Å²) in [5.41, 5.74) is 0.683. The molecular formula is C16H22N2O2. The molecular weight excluding hydrogens is 252 g/mol. The van der Waals surface area contributed by atoms with Gasteiger partial charge in [0, 0.05) is 38.2 Å². The predicted octanol–water partition coefficient (Wildman–Crippen LogP) is 2.16. The Bertz CT molecular complexity index is 453. The lowest BCUT2D eigenvalue weighted by Crippen LogP contribution is -2.36. The first kappa shape index (κ1) is 14.6. The summed E-state index contributed by atoms with van der Waals surface area (Å²) in [6, 6.07) is 9.23. The van der Waals surface area contributed by atoms with Gasteiger partial charge in [-0.3, -0.25) is 9.59 Å². The van der Waals surface area contributed by atoms with Crippen molar-refractivity contribution >= 4 is 11.8 Å². The minimum absolute atomic E-state index is 0.00215. The zero-order valence-corrected chi connectivity index (χ0v) is 12.0. The van der Waals surface area contributed by atoms with Gasteiger partial charge in [0.15, 0.2) is 0 Å². The third-order valence-corrected chi connectivity index (χ3v) is 3.74.